The number of rotatable bonds is 11. The van der Waals surface area contributed by atoms with Gasteiger partial charge in [0.1, 0.15) is 11.5 Å². The molecule has 0 radical (unpaired) electrons. The molecule has 3 rings (SSSR count). The Bertz CT molecular complexity index is 613. The average molecular weight is 534 g/mol. The Morgan fingerprint density at radius 2 is 2.13 bits per heavy atom. The topological polar surface area (TPSA) is 71.3 Å². The second-order valence-corrected chi connectivity index (χ2v) is 8.01. The predicted octanol–water partition coefficient (Wildman–Crippen LogP) is 3.34. The third-order valence-electron chi connectivity index (χ3n) is 5.57. The smallest absolute Gasteiger partial charge is 0.191 e. The van der Waals surface area contributed by atoms with Gasteiger partial charge in [-0.05, 0) is 64.8 Å². The van der Waals surface area contributed by atoms with Gasteiger partial charge in [0.15, 0.2) is 5.96 Å². The van der Waals surface area contributed by atoms with Crippen LogP contribution in [0.3, 0.4) is 0 Å². The number of ether oxygens (including phenoxy) is 2. The number of aliphatic imine (C=N–C) groups is 1. The van der Waals surface area contributed by atoms with Gasteiger partial charge in [-0.1, -0.05) is 0 Å². The maximum Gasteiger partial charge on any atom is 0.191 e. The molecule has 2 N–H and O–H groups in total. The zero-order valence-electron chi connectivity index (χ0n) is 18.5. The summed E-state index contributed by atoms with van der Waals surface area (Å²) < 4.78 is 17.1. The van der Waals surface area contributed by atoms with Crippen LogP contribution in [0.4, 0.5) is 0 Å². The molecule has 8 heteroatoms. The van der Waals surface area contributed by atoms with Crippen molar-refractivity contribution in [1.82, 2.24) is 15.5 Å². The molecule has 30 heavy (non-hydrogen) atoms. The van der Waals surface area contributed by atoms with Crippen molar-refractivity contribution < 1.29 is 13.9 Å². The minimum atomic E-state index is 0. The van der Waals surface area contributed by atoms with Gasteiger partial charge in [-0.25, -0.2) is 0 Å². The second-order valence-electron chi connectivity index (χ2n) is 8.01. The molecule has 1 aromatic heterocycles. The minimum Gasteiger partial charge on any atom is -0.465 e. The molecule has 0 aromatic carbocycles. The summed E-state index contributed by atoms with van der Waals surface area (Å²) in [6.45, 7) is 12.0. The van der Waals surface area contributed by atoms with Gasteiger partial charge in [-0.15, -0.1) is 24.0 Å². The first-order valence-electron chi connectivity index (χ1n) is 11.2. The average Bonchev–Trinajstić information content (AvgIpc) is 3.48. The first kappa shape index (κ1) is 25.4. The summed E-state index contributed by atoms with van der Waals surface area (Å²) in [7, 11) is 0. The summed E-state index contributed by atoms with van der Waals surface area (Å²) in [6.07, 6.45) is 4.60. The monoisotopic (exact) mass is 534 g/mol. The van der Waals surface area contributed by atoms with Gasteiger partial charge in [-0.2, -0.15) is 0 Å². The Balaban J connectivity index is 0.00000320. The summed E-state index contributed by atoms with van der Waals surface area (Å²) in [5, 5.41) is 6.79. The number of hydrogen-bond donors (Lipinski definition) is 2. The lowest BCUT2D eigenvalue weighted by Gasteiger charge is -2.24. The van der Waals surface area contributed by atoms with Gasteiger partial charge in [0.25, 0.3) is 0 Å². The third-order valence-corrected chi connectivity index (χ3v) is 5.57. The molecule has 0 aliphatic carbocycles. The Morgan fingerprint density at radius 1 is 1.30 bits per heavy atom. The SMILES string of the molecule is CCNC(=NCC(c1ccc(C)o1)N1CCCC1)NCCCOCC1CCOC1.I. The Kier molecular flexibility index (Phi) is 12.1. The number of furan rings is 1. The normalized spacial score (nSPS) is 20.9. The summed E-state index contributed by atoms with van der Waals surface area (Å²) in [6, 6.07) is 4.35. The van der Waals surface area contributed by atoms with E-state index in [9.17, 15) is 0 Å². The molecule has 2 saturated heterocycles. The molecule has 0 amide bonds. The van der Waals surface area contributed by atoms with Crippen LogP contribution in [-0.2, 0) is 9.47 Å². The molecule has 0 bridgehead atoms. The standard InChI is InChI=1S/C22H38N4O3.HI/c1-3-23-22(24-10-6-13-27-16-19-9-14-28-17-19)25-15-20(26-11-4-5-12-26)21-8-7-18(2)29-21;/h7-8,19-20H,3-6,9-17H2,1-2H3,(H2,23,24,25);1H. The highest BCUT2D eigenvalue weighted by Crippen LogP contribution is 2.26. The van der Waals surface area contributed by atoms with E-state index in [1.165, 1.54) is 12.8 Å². The fourth-order valence-electron chi connectivity index (χ4n) is 3.94. The molecule has 0 saturated carbocycles. The quantitative estimate of drug-likeness (QED) is 0.197. The van der Waals surface area contributed by atoms with Gasteiger partial charge in [0, 0.05) is 32.2 Å². The zero-order valence-corrected chi connectivity index (χ0v) is 20.9. The number of aryl methyl sites for hydroxylation is 1. The van der Waals surface area contributed by atoms with Crippen molar-refractivity contribution in [3.05, 3.63) is 23.7 Å². The molecule has 2 aliphatic heterocycles. The number of likely N-dealkylation sites (tertiary alicyclic amines) is 1. The second kappa shape index (κ2) is 14.3. The van der Waals surface area contributed by atoms with E-state index < -0.39 is 0 Å². The molecule has 7 nitrogen and oxygen atoms in total. The Labute approximate surface area is 198 Å². The van der Waals surface area contributed by atoms with E-state index in [-0.39, 0.29) is 30.0 Å². The number of halogens is 1. The van der Waals surface area contributed by atoms with Crippen LogP contribution < -0.4 is 10.6 Å². The van der Waals surface area contributed by atoms with Crippen molar-refractivity contribution in [3.63, 3.8) is 0 Å². The molecule has 2 unspecified atom stereocenters. The highest BCUT2D eigenvalue weighted by Gasteiger charge is 2.25. The highest BCUT2D eigenvalue weighted by molar-refractivity contribution is 14.0. The minimum absolute atomic E-state index is 0. The summed E-state index contributed by atoms with van der Waals surface area (Å²) in [5.74, 6) is 3.43. The van der Waals surface area contributed by atoms with E-state index in [0.29, 0.717) is 12.5 Å². The van der Waals surface area contributed by atoms with Crippen LogP contribution in [0.25, 0.3) is 0 Å². The first-order chi connectivity index (χ1) is 14.3. The van der Waals surface area contributed by atoms with Crippen molar-refractivity contribution in [2.24, 2.45) is 10.9 Å². The van der Waals surface area contributed by atoms with Gasteiger partial charge < -0.3 is 24.5 Å². The van der Waals surface area contributed by atoms with Crippen molar-refractivity contribution in [1.29, 1.82) is 0 Å². The number of nitrogens with one attached hydrogen (secondary N) is 2. The van der Waals surface area contributed by atoms with Crippen LogP contribution in [0.5, 0.6) is 0 Å². The van der Waals surface area contributed by atoms with Crippen molar-refractivity contribution >= 4 is 29.9 Å². The van der Waals surface area contributed by atoms with E-state index in [4.69, 9.17) is 18.9 Å². The van der Waals surface area contributed by atoms with Gasteiger partial charge in [0.05, 0.1) is 25.8 Å². The van der Waals surface area contributed by atoms with Crippen molar-refractivity contribution in [2.75, 3.05) is 59.2 Å². The maximum atomic E-state index is 5.94. The Hall–Kier alpha value is -0.840. The molecule has 0 spiro atoms. The van der Waals surface area contributed by atoms with Gasteiger partial charge in [0.2, 0.25) is 0 Å². The fourth-order valence-corrected chi connectivity index (χ4v) is 3.94. The molecule has 2 fully saturated rings. The highest BCUT2D eigenvalue weighted by atomic mass is 127. The summed E-state index contributed by atoms with van der Waals surface area (Å²) >= 11 is 0. The van der Waals surface area contributed by atoms with Gasteiger partial charge >= 0.3 is 0 Å². The number of guanidine groups is 1. The molecule has 2 aliphatic rings. The zero-order chi connectivity index (χ0) is 20.3. The lowest BCUT2D eigenvalue weighted by atomic mass is 10.1. The van der Waals surface area contributed by atoms with E-state index in [0.717, 1.165) is 82.9 Å². The number of hydrogen-bond acceptors (Lipinski definition) is 5. The van der Waals surface area contributed by atoms with Crippen LogP contribution in [0.2, 0.25) is 0 Å². The maximum absolute atomic E-state index is 5.94. The van der Waals surface area contributed by atoms with E-state index >= 15 is 0 Å². The van der Waals surface area contributed by atoms with Crippen LogP contribution >= 0.6 is 24.0 Å². The predicted molar refractivity (Wildman–Crippen MR) is 131 cm³/mol. The molecular weight excluding hydrogens is 495 g/mol. The van der Waals surface area contributed by atoms with Crippen LogP contribution in [-0.4, -0.2) is 70.0 Å². The summed E-state index contributed by atoms with van der Waals surface area (Å²) in [5.41, 5.74) is 0. The van der Waals surface area contributed by atoms with Gasteiger partial charge in [-0.3, -0.25) is 9.89 Å². The molecule has 172 valence electrons. The molecule has 2 atom stereocenters. The van der Waals surface area contributed by atoms with Crippen molar-refractivity contribution in [3.8, 4) is 0 Å². The number of nitrogens with zero attached hydrogens (tertiary/aromatic N) is 2. The Morgan fingerprint density at radius 3 is 2.80 bits per heavy atom. The fraction of sp³-hybridized carbons (Fsp3) is 0.773. The van der Waals surface area contributed by atoms with Crippen molar-refractivity contribution in [2.45, 2.75) is 45.6 Å². The molecule has 1 aromatic rings. The lowest BCUT2D eigenvalue weighted by Crippen LogP contribution is -2.39. The molecule has 3 heterocycles. The van der Waals surface area contributed by atoms with Crippen LogP contribution in [0, 0.1) is 12.8 Å². The summed E-state index contributed by atoms with van der Waals surface area (Å²) in [4.78, 5) is 7.35. The van der Waals surface area contributed by atoms with E-state index in [1.807, 2.05) is 13.0 Å². The first-order valence-corrected chi connectivity index (χ1v) is 11.2. The molecular formula is C22H39IN4O3. The van der Waals surface area contributed by atoms with Crippen LogP contribution in [0.1, 0.15) is 50.2 Å². The van der Waals surface area contributed by atoms with E-state index in [2.05, 4.69) is 28.5 Å². The van der Waals surface area contributed by atoms with Crippen LogP contribution in [0.15, 0.2) is 21.5 Å². The van der Waals surface area contributed by atoms with E-state index in [1.54, 1.807) is 0 Å². The largest absolute Gasteiger partial charge is 0.465 e. The lowest BCUT2D eigenvalue weighted by molar-refractivity contribution is 0.0888. The third kappa shape index (κ3) is 8.36.